The van der Waals surface area contributed by atoms with Gasteiger partial charge in [0.1, 0.15) is 17.6 Å². The Morgan fingerprint density at radius 1 is 1.09 bits per heavy atom. The number of piperazine rings is 1. The molecule has 3 fully saturated rings. The summed E-state index contributed by atoms with van der Waals surface area (Å²) in [5.74, 6) is -1.14. The zero-order valence-corrected chi connectivity index (χ0v) is 30.5. The van der Waals surface area contributed by atoms with Gasteiger partial charge in [-0.2, -0.15) is 0 Å². The SMILES string of the molecule is [2H]c1nc(Nc2cc(CC)c(N3CCC(N4CCN(C(=O)CNc5c(F)ccc6c5CN(C5CCC(=O)NC5=O)C6=O)CC4)CC3)cc2OC)ncc1Cl. The van der Waals surface area contributed by atoms with Gasteiger partial charge in [-0.15, -0.1) is 0 Å². The van der Waals surface area contributed by atoms with Crippen LogP contribution in [0.25, 0.3) is 0 Å². The van der Waals surface area contributed by atoms with Crippen molar-refractivity contribution in [1.29, 1.82) is 0 Å². The number of hydrogen-bond donors (Lipinski definition) is 3. The number of aryl methyl sites for hydroxylation is 1. The van der Waals surface area contributed by atoms with Gasteiger partial charge in [-0.05, 0) is 49.4 Å². The van der Waals surface area contributed by atoms with Gasteiger partial charge in [-0.1, -0.05) is 18.5 Å². The van der Waals surface area contributed by atoms with Crippen molar-refractivity contribution in [1.82, 2.24) is 30.0 Å². The molecule has 4 aliphatic heterocycles. The molecule has 5 heterocycles. The highest BCUT2D eigenvalue weighted by atomic mass is 35.5. The number of imide groups is 1. The maximum atomic E-state index is 15.1. The molecule has 53 heavy (non-hydrogen) atoms. The predicted octanol–water partition coefficient (Wildman–Crippen LogP) is 3.57. The molecule has 3 saturated heterocycles. The molecule has 2 aromatic carbocycles. The number of nitrogens with one attached hydrogen (secondary N) is 3. The van der Waals surface area contributed by atoms with Crippen molar-refractivity contribution in [3.63, 3.8) is 0 Å². The fourth-order valence-electron chi connectivity index (χ4n) is 7.81. The highest BCUT2D eigenvalue weighted by Gasteiger charge is 2.40. The van der Waals surface area contributed by atoms with E-state index in [9.17, 15) is 19.2 Å². The van der Waals surface area contributed by atoms with E-state index in [4.69, 9.17) is 17.7 Å². The van der Waals surface area contributed by atoms with Crippen LogP contribution in [0.4, 0.5) is 27.4 Å². The summed E-state index contributed by atoms with van der Waals surface area (Å²) in [4.78, 5) is 66.9. The van der Waals surface area contributed by atoms with Crippen molar-refractivity contribution in [2.75, 3.05) is 68.5 Å². The number of piperidine rings is 2. The van der Waals surface area contributed by atoms with Gasteiger partial charge in [0.05, 0.1) is 43.8 Å². The number of halogens is 2. The summed E-state index contributed by atoms with van der Waals surface area (Å²) >= 11 is 5.93. The lowest BCUT2D eigenvalue weighted by Crippen LogP contribution is -2.55. The standard InChI is InChI=1S/C37H43ClFN9O5/c1-3-22-16-28(43-37-41-18-23(38)19-42-37)31(53-2)17-30(22)46-10-8-24(9-11-46)45-12-14-47(15-13-45)33(50)20-40-34-26-21-48(29-6-7-32(49)44-35(29)51)36(52)25(26)4-5-27(34)39/h4-5,16-19,24,29,40H,3,6-15,20-21H2,1-2H3,(H,41,42,43)(H,44,49,51)/i18D. The van der Waals surface area contributed by atoms with Crippen LogP contribution in [0.5, 0.6) is 5.75 Å². The lowest BCUT2D eigenvalue weighted by Gasteiger charge is -2.43. The van der Waals surface area contributed by atoms with Crippen molar-refractivity contribution in [3.8, 4) is 5.75 Å². The van der Waals surface area contributed by atoms with Gasteiger partial charge in [0.15, 0.2) is 0 Å². The molecule has 1 aromatic heterocycles. The van der Waals surface area contributed by atoms with Gasteiger partial charge in [-0.3, -0.25) is 29.4 Å². The smallest absolute Gasteiger partial charge is 0.255 e. The number of ether oxygens (including phenoxy) is 1. The molecular weight excluding hydrogens is 705 g/mol. The molecule has 4 amide bonds. The van der Waals surface area contributed by atoms with Gasteiger partial charge >= 0.3 is 0 Å². The van der Waals surface area contributed by atoms with Crippen LogP contribution in [0.1, 0.15) is 55.5 Å². The normalized spacial score (nSPS) is 19.9. The van der Waals surface area contributed by atoms with Gasteiger partial charge in [0.25, 0.3) is 5.91 Å². The van der Waals surface area contributed by atoms with Crippen LogP contribution in [0, 0.1) is 5.82 Å². The summed E-state index contributed by atoms with van der Waals surface area (Å²) in [5.41, 5.74) is 3.75. The monoisotopic (exact) mass is 748 g/mol. The van der Waals surface area contributed by atoms with E-state index in [1.807, 2.05) is 12.1 Å². The maximum absolute atomic E-state index is 15.1. The van der Waals surface area contributed by atoms with E-state index in [-0.39, 0.29) is 66.1 Å². The second-order valence-electron chi connectivity index (χ2n) is 13.7. The number of anilines is 4. The summed E-state index contributed by atoms with van der Waals surface area (Å²) in [6.07, 6.45) is 4.42. The topological polar surface area (TPSA) is 152 Å². The highest BCUT2D eigenvalue weighted by molar-refractivity contribution is 6.30. The van der Waals surface area contributed by atoms with Gasteiger partial charge in [0, 0.05) is 81.2 Å². The summed E-state index contributed by atoms with van der Waals surface area (Å²) < 4.78 is 28.7. The quantitative estimate of drug-likeness (QED) is 0.261. The Bertz CT molecular complexity index is 1970. The number of carbonyl (C=O) groups is 4. The van der Waals surface area contributed by atoms with Crippen molar-refractivity contribution >= 4 is 58.2 Å². The van der Waals surface area contributed by atoms with Crippen molar-refractivity contribution < 1.29 is 29.7 Å². The van der Waals surface area contributed by atoms with E-state index in [1.165, 1.54) is 23.2 Å². The number of benzene rings is 2. The number of nitrogens with zero attached hydrogens (tertiary/aromatic N) is 6. The van der Waals surface area contributed by atoms with Crippen molar-refractivity contribution in [2.24, 2.45) is 0 Å². The van der Waals surface area contributed by atoms with E-state index < -0.39 is 23.7 Å². The molecule has 280 valence electrons. The Hall–Kier alpha value is -5.02. The van der Waals surface area contributed by atoms with Crippen LogP contribution in [-0.2, 0) is 27.3 Å². The molecule has 0 radical (unpaired) electrons. The number of aromatic nitrogens is 2. The molecule has 0 aliphatic carbocycles. The molecule has 4 aliphatic rings. The third-order valence-electron chi connectivity index (χ3n) is 10.7. The molecule has 0 bridgehead atoms. The lowest BCUT2D eigenvalue weighted by molar-refractivity contribution is -0.137. The molecule has 1 unspecified atom stereocenters. The molecule has 3 N–H and O–H groups in total. The van der Waals surface area contributed by atoms with Crippen LogP contribution >= 0.6 is 11.6 Å². The van der Waals surface area contributed by atoms with E-state index in [1.54, 1.807) is 12.0 Å². The first-order valence-corrected chi connectivity index (χ1v) is 18.4. The zero-order valence-electron chi connectivity index (χ0n) is 30.7. The average molecular weight is 749 g/mol. The summed E-state index contributed by atoms with van der Waals surface area (Å²) in [6, 6.07) is 6.25. The maximum Gasteiger partial charge on any atom is 0.255 e. The molecule has 1 atom stereocenters. The molecule has 3 aromatic rings. The Morgan fingerprint density at radius 2 is 1.87 bits per heavy atom. The molecule has 0 saturated carbocycles. The van der Waals surface area contributed by atoms with E-state index in [0.717, 1.165) is 56.7 Å². The molecule has 7 rings (SSSR count). The predicted molar refractivity (Wildman–Crippen MR) is 197 cm³/mol. The summed E-state index contributed by atoms with van der Waals surface area (Å²) in [5, 5.41) is 8.57. The first-order chi connectivity index (χ1) is 26.0. The Kier molecular flexibility index (Phi) is 10.3. The van der Waals surface area contributed by atoms with Gasteiger partial charge in [0.2, 0.25) is 23.7 Å². The fraction of sp³-hybridized carbons (Fsp3) is 0.459. The minimum absolute atomic E-state index is 0.00974. The Morgan fingerprint density at radius 3 is 2.57 bits per heavy atom. The number of fused-ring (bicyclic) bond motifs is 1. The number of amides is 4. The number of hydrogen-bond acceptors (Lipinski definition) is 11. The Labute approximate surface area is 313 Å². The third-order valence-corrected chi connectivity index (χ3v) is 10.9. The second kappa shape index (κ2) is 15.5. The molecular formula is C37H43ClFN9O5. The second-order valence-corrected chi connectivity index (χ2v) is 14.1. The summed E-state index contributed by atoms with van der Waals surface area (Å²) in [7, 11) is 1.62. The average Bonchev–Trinajstić information content (AvgIpc) is 3.51. The molecule has 0 spiro atoms. The van der Waals surface area contributed by atoms with Crippen LogP contribution < -0.4 is 25.6 Å². The van der Waals surface area contributed by atoms with Crippen molar-refractivity contribution in [3.05, 3.63) is 64.2 Å². The minimum atomic E-state index is -0.813. The number of carbonyl (C=O) groups excluding carboxylic acids is 4. The third kappa shape index (κ3) is 7.58. The lowest BCUT2D eigenvalue weighted by atomic mass is 9.99. The zero-order chi connectivity index (χ0) is 38.1. The van der Waals surface area contributed by atoms with Crippen LogP contribution in [0.3, 0.4) is 0 Å². The Balaban J connectivity index is 0.913. The number of rotatable bonds is 10. The minimum Gasteiger partial charge on any atom is -0.494 e. The first-order valence-electron chi connectivity index (χ1n) is 18.5. The summed E-state index contributed by atoms with van der Waals surface area (Å²) in [6.45, 7) is 6.32. The first kappa shape index (κ1) is 35.0. The van der Waals surface area contributed by atoms with E-state index in [0.29, 0.717) is 36.1 Å². The van der Waals surface area contributed by atoms with Gasteiger partial charge < -0.3 is 30.1 Å². The highest BCUT2D eigenvalue weighted by Crippen LogP contribution is 2.37. The van der Waals surface area contributed by atoms with Crippen LogP contribution in [-0.4, -0.2) is 113 Å². The molecule has 16 heteroatoms. The van der Waals surface area contributed by atoms with Crippen LogP contribution in [0.15, 0.2) is 36.6 Å². The largest absolute Gasteiger partial charge is 0.494 e. The number of methoxy groups -OCH3 is 1. The van der Waals surface area contributed by atoms with Crippen LogP contribution in [0.2, 0.25) is 5.02 Å². The molecule has 14 nitrogen and oxygen atoms in total. The fourth-order valence-corrected chi connectivity index (χ4v) is 7.90. The van der Waals surface area contributed by atoms with E-state index >= 15 is 4.39 Å². The van der Waals surface area contributed by atoms with Gasteiger partial charge in [-0.25, -0.2) is 14.4 Å². The van der Waals surface area contributed by atoms with Crippen molar-refractivity contribution in [2.45, 2.75) is 57.7 Å². The van der Waals surface area contributed by atoms with E-state index in [2.05, 4.69) is 42.6 Å².